The van der Waals surface area contributed by atoms with Crippen LogP contribution >= 0.6 is 23.2 Å². The number of rotatable bonds is 5. The summed E-state index contributed by atoms with van der Waals surface area (Å²) < 4.78 is 15.9. The Bertz CT molecular complexity index is 677. The minimum atomic E-state index is 0.459. The molecule has 0 fully saturated rings. The van der Waals surface area contributed by atoms with E-state index in [0.717, 1.165) is 5.56 Å². The van der Waals surface area contributed by atoms with E-state index >= 15 is 0 Å². The minimum absolute atomic E-state index is 0.459. The van der Waals surface area contributed by atoms with Crippen molar-refractivity contribution in [2.45, 2.75) is 0 Å². The van der Waals surface area contributed by atoms with Gasteiger partial charge in [-0.25, -0.2) is 0 Å². The van der Waals surface area contributed by atoms with Crippen molar-refractivity contribution < 1.29 is 14.2 Å². The Morgan fingerprint density at radius 1 is 0.864 bits per heavy atom. The molecule has 2 aromatic carbocycles. The first-order valence-corrected chi connectivity index (χ1v) is 7.13. The number of ether oxygens (including phenoxy) is 3. The summed E-state index contributed by atoms with van der Waals surface area (Å²) in [5, 5.41) is 0.953. The van der Waals surface area contributed by atoms with Crippen molar-refractivity contribution >= 4 is 35.1 Å². The number of halogens is 2. The van der Waals surface area contributed by atoms with Crippen molar-refractivity contribution in [2.75, 3.05) is 21.3 Å². The third-order valence-corrected chi connectivity index (χ3v) is 3.69. The standard InChI is InChI=1S/C16H15Cl2NO3/c1-20-14-6-10(7-15(21-2)16(14)22-3)9-19-11-4-5-12(17)13(18)8-11/h4-9H,1-3H3. The molecule has 0 unspecified atom stereocenters. The third kappa shape index (κ3) is 3.64. The predicted molar refractivity (Wildman–Crippen MR) is 89.8 cm³/mol. The zero-order chi connectivity index (χ0) is 16.1. The molecule has 116 valence electrons. The molecule has 0 aliphatic carbocycles. The molecular formula is C16H15Cl2NO3. The van der Waals surface area contributed by atoms with Crippen LogP contribution in [0.25, 0.3) is 0 Å². The smallest absolute Gasteiger partial charge is 0.203 e. The summed E-state index contributed by atoms with van der Waals surface area (Å²) in [6, 6.07) is 8.79. The Labute approximate surface area is 139 Å². The molecule has 2 aromatic rings. The van der Waals surface area contributed by atoms with E-state index in [2.05, 4.69) is 4.99 Å². The average Bonchev–Trinajstić information content (AvgIpc) is 2.54. The Morgan fingerprint density at radius 2 is 1.50 bits per heavy atom. The fraction of sp³-hybridized carbons (Fsp3) is 0.188. The number of hydrogen-bond donors (Lipinski definition) is 0. The number of methoxy groups -OCH3 is 3. The molecule has 4 nitrogen and oxygen atoms in total. The van der Waals surface area contributed by atoms with Gasteiger partial charge in [-0.3, -0.25) is 4.99 Å². The van der Waals surface area contributed by atoms with E-state index < -0.39 is 0 Å². The van der Waals surface area contributed by atoms with Crippen molar-refractivity contribution in [3.8, 4) is 17.2 Å². The summed E-state index contributed by atoms with van der Waals surface area (Å²) in [6.45, 7) is 0. The Morgan fingerprint density at radius 3 is 2.00 bits per heavy atom. The lowest BCUT2D eigenvalue weighted by Crippen LogP contribution is -1.96. The van der Waals surface area contributed by atoms with Crippen molar-refractivity contribution in [1.82, 2.24) is 0 Å². The number of hydrogen-bond acceptors (Lipinski definition) is 4. The van der Waals surface area contributed by atoms with Crippen LogP contribution < -0.4 is 14.2 Å². The topological polar surface area (TPSA) is 40.0 Å². The first-order valence-electron chi connectivity index (χ1n) is 6.38. The van der Waals surface area contributed by atoms with Gasteiger partial charge in [0.05, 0.1) is 37.1 Å². The van der Waals surface area contributed by atoms with E-state index in [1.807, 2.05) is 12.1 Å². The van der Waals surface area contributed by atoms with Crippen molar-refractivity contribution in [3.05, 3.63) is 45.9 Å². The summed E-state index contributed by atoms with van der Waals surface area (Å²) in [7, 11) is 4.69. The van der Waals surface area contributed by atoms with E-state index in [9.17, 15) is 0 Å². The lowest BCUT2D eigenvalue weighted by Gasteiger charge is -2.12. The van der Waals surface area contributed by atoms with Gasteiger partial charge in [0, 0.05) is 11.8 Å². The monoisotopic (exact) mass is 339 g/mol. The molecule has 0 aliphatic rings. The molecule has 0 saturated carbocycles. The Hall–Kier alpha value is -1.91. The summed E-state index contributed by atoms with van der Waals surface area (Å²) in [4.78, 5) is 4.36. The summed E-state index contributed by atoms with van der Waals surface area (Å²) >= 11 is 11.8. The van der Waals surface area contributed by atoms with Crippen LogP contribution in [0.2, 0.25) is 10.0 Å². The van der Waals surface area contributed by atoms with Crippen LogP contribution in [0.1, 0.15) is 5.56 Å². The highest BCUT2D eigenvalue weighted by Crippen LogP contribution is 2.38. The van der Waals surface area contributed by atoms with Gasteiger partial charge in [0.25, 0.3) is 0 Å². The quantitative estimate of drug-likeness (QED) is 0.736. The highest BCUT2D eigenvalue weighted by atomic mass is 35.5. The van der Waals surface area contributed by atoms with Gasteiger partial charge in [0.15, 0.2) is 11.5 Å². The fourth-order valence-corrected chi connectivity index (χ4v) is 2.18. The third-order valence-electron chi connectivity index (χ3n) is 2.95. The van der Waals surface area contributed by atoms with Gasteiger partial charge in [0.1, 0.15) is 0 Å². The summed E-state index contributed by atoms with van der Waals surface area (Å²) in [5.74, 6) is 1.67. The maximum absolute atomic E-state index is 5.97. The van der Waals surface area contributed by atoms with Crippen molar-refractivity contribution in [1.29, 1.82) is 0 Å². The van der Waals surface area contributed by atoms with Crippen LogP contribution in [-0.4, -0.2) is 27.5 Å². The molecule has 6 heteroatoms. The molecule has 0 N–H and O–H groups in total. The van der Waals surface area contributed by atoms with Crippen LogP contribution in [0, 0.1) is 0 Å². The van der Waals surface area contributed by atoms with Crippen LogP contribution in [-0.2, 0) is 0 Å². The van der Waals surface area contributed by atoms with E-state index in [1.54, 1.807) is 45.7 Å². The predicted octanol–water partition coefficient (Wildman–Crippen LogP) is 4.77. The van der Waals surface area contributed by atoms with Gasteiger partial charge in [0.2, 0.25) is 5.75 Å². The largest absolute Gasteiger partial charge is 0.493 e. The first-order chi connectivity index (χ1) is 10.6. The van der Waals surface area contributed by atoms with Gasteiger partial charge in [-0.05, 0) is 30.3 Å². The van der Waals surface area contributed by atoms with Crippen molar-refractivity contribution in [3.63, 3.8) is 0 Å². The number of benzene rings is 2. The molecule has 0 aliphatic heterocycles. The molecule has 0 heterocycles. The molecule has 0 atom stereocenters. The number of aliphatic imine (C=N–C) groups is 1. The zero-order valence-electron chi connectivity index (χ0n) is 12.4. The highest BCUT2D eigenvalue weighted by molar-refractivity contribution is 6.42. The number of nitrogens with zero attached hydrogens (tertiary/aromatic N) is 1. The fourth-order valence-electron chi connectivity index (χ4n) is 1.89. The van der Waals surface area contributed by atoms with E-state index in [4.69, 9.17) is 37.4 Å². The molecule has 0 spiro atoms. The maximum atomic E-state index is 5.97. The van der Waals surface area contributed by atoms with Crippen LogP contribution in [0.4, 0.5) is 5.69 Å². The molecule has 0 saturated heterocycles. The molecule has 2 rings (SSSR count). The van der Waals surface area contributed by atoms with E-state index in [1.165, 1.54) is 0 Å². The second-order valence-corrected chi connectivity index (χ2v) is 5.13. The normalized spacial score (nSPS) is 10.8. The van der Waals surface area contributed by atoms with Crippen LogP contribution in [0.5, 0.6) is 17.2 Å². The van der Waals surface area contributed by atoms with Crippen molar-refractivity contribution in [2.24, 2.45) is 4.99 Å². The molecule has 0 aromatic heterocycles. The SMILES string of the molecule is COc1cc(C=Nc2ccc(Cl)c(Cl)c2)cc(OC)c1OC. The minimum Gasteiger partial charge on any atom is -0.493 e. The lowest BCUT2D eigenvalue weighted by molar-refractivity contribution is 0.324. The average molecular weight is 340 g/mol. The molecular weight excluding hydrogens is 325 g/mol. The van der Waals surface area contributed by atoms with Gasteiger partial charge < -0.3 is 14.2 Å². The second-order valence-electron chi connectivity index (χ2n) is 4.32. The van der Waals surface area contributed by atoms with Gasteiger partial charge in [-0.2, -0.15) is 0 Å². The summed E-state index contributed by atoms with van der Waals surface area (Å²) in [6.07, 6.45) is 1.68. The van der Waals surface area contributed by atoms with Crippen LogP contribution in [0.15, 0.2) is 35.3 Å². The molecule has 0 radical (unpaired) electrons. The first kappa shape index (κ1) is 16.5. The highest BCUT2D eigenvalue weighted by Gasteiger charge is 2.12. The van der Waals surface area contributed by atoms with E-state index in [0.29, 0.717) is 33.0 Å². The van der Waals surface area contributed by atoms with Gasteiger partial charge in [-0.1, -0.05) is 23.2 Å². The van der Waals surface area contributed by atoms with Crippen LogP contribution in [0.3, 0.4) is 0 Å². The molecule has 0 bridgehead atoms. The zero-order valence-corrected chi connectivity index (χ0v) is 13.9. The molecule has 22 heavy (non-hydrogen) atoms. The lowest BCUT2D eigenvalue weighted by atomic mass is 10.2. The van der Waals surface area contributed by atoms with Gasteiger partial charge in [-0.15, -0.1) is 0 Å². The Balaban J connectivity index is 2.36. The van der Waals surface area contributed by atoms with Gasteiger partial charge >= 0.3 is 0 Å². The maximum Gasteiger partial charge on any atom is 0.203 e. The molecule has 0 amide bonds. The Kier molecular flexibility index (Phi) is 5.52. The second kappa shape index (κ2) is 7.38. The van der Waals surface area contributed by atoms with E-state index in [-0.39, 0.29) is 0 Å². The summed E-state index contributed by atoms with van der Waals surface area (Å²) in [5.41, 5.74) is 1.50.